The molecular formula is C23H39NO. The van der Waals surface area contributed by atoms with E-state index in [1.54, 1.807) is 6.08 Å². The van der Waals surface area contributed by atoms with Gasteiger partial charge in [0.25, 0.3) is 0 Å². The highest BCUT2D eigenvalue weighted by molar-refractivity contribution is 5.02. The van der Waals surface area contributed by atoms with Crippen LogP contribution in [0.3, 0.4) is 0 Å². The zero-order valence-corrected chi connectivity index (χ0v) is 16.6. The lowest BCUT2D eigenvalue weighted by molar-refractivity contribution is -0.0618. The first-order chi connectivity index (χ1) is 12.2. The van der Waals surface area contributed by atoms with E-state index in [4.69, 9.17) is 10.00 Å². The quantitative estimate of drug-likeness (QED) is 0.340. The topological polar surface area (TPSA) is 33.0 Å². The number of nitrogens with zero attached hydrogens (tertiary/aromatic N) is 1. The minimum Gasteiger partial charge on any atom is -0.378 e. The molecule has 0 saturated heterocycles. The monoisotopic (exact) mass is 345 g/mol. The maximum Gasteiger partial charge on any atom is 0.0908 e. The van der Waals surface area contributed by atoms with Gasteiger partial charge in [0.1, 0.15) is 0 Å². The second kappa shape index (κ2) is 11.0. The van der Waals surface area contributed by atoms with Gasteiger partial charge in [0.15, 0.2) is 0 Å². The van der Waals surface area contributed by atoms with Crippen molar-refractivity contribution in [3.63, 3.8) is 0 Å². The molecule has 0 bridgehead atoms. The molecule has 0 heterocycles. The average molecular weight is 346 g/mol. The van der Waals surface area contributed by atoms with Crippen LogP contribution in [0.15, 0.2) is 12.2 Å². The Kier molecular flexibility index (Phi) is 9.04. The number of ether oxygens (including phenoxy) is 1. The largest absolute Gasteiger partial charge is 0.378 e. The summed E-state index contributed by atoms with van der Waals surface area (Å²) in [6.07, 6.45) is 22.4. The van der Waals surface area contributed by atoms with Crippen LogP contribution < -0.4 is 0 Å². The summed E-state index contributed by atoms with van der Waals surface area (Å²) in [5.41, 5.74) is 0.0770. The van der Waals surface area contributed by atoms with Crippen LogP contribution in [0.25, 0.3) is 0 Å². The van der Waals surface area contributed by atoms with Crippen LogP contribution >= 0.6 is 0 Å². The third kappa shape index (κ3) is 6.45. The molecule has 0 aliphatic heterocycles. The molecular weight excluding hydrogens is 306 g/mol. The summed E-state index contributed by atoms with van der Waals surface area (Å²) in [4.78, 5) is 0. The van der Waals surface area contributed by atoms with Crippen LogP contribution in [0.2, 0.25) is 0 Å². The second-order valence-electron chi connectivity index (χ2n) is 8.57. The third-order valence-corrected chi connectivity index (χ3v) is 7.11. The van der Waals surface area contributed by atoms with Crippen molar-refractivity contribution < 1.29 is 4.74 Å². The van der Waals surface area contributed by atoms with Gasteiger partial charge in [-0.05, 0) is 69.1 Å². The van der Waals surface area contributed by atoms with Gasteiger partial charge in [0.2, 0.25) is 0 Å². The minimum absolute atomic E-state index is 0.0770. The molecule has 0 aromatic rings. The van der Waals surface area contributed by atoms with E-state index in [1.165, 1.54) is 77.0 Å². The molecule has 0 N–H and O–H groups in total. The molecule has 0 unspecified atom stereocenters. The van der Waals surface area contributed by atoms with Gasteiger partial charge in [-0.1, -0.05) is 51.5 Å². The maximum atomic E-state index is 8.61. The van der Waals surface area contributed by atoms with Crippen molar-refractivity contribution in [2.24, 2.45) is 17.8 Å². The van der Waals surface area contributed by atoms with Gasteiger partial charge in [0.05, 0.1) is 11.7 Å². The molecule has 142 valence electrons. The molecule has 0 aromatic heterocycles. The van der Waals surface area contributed by atoms with Crippen LogP contribution in [-0.4, -0.2) is 12.7 Å². The predicted octanol–water partition coefficient (Wildman–Crippen LogP) is 6.81. The van der Waals surface area contributed by atoms with Crippen LogP contribution in [0, 0.1) is 29.1 Å². The number of methoxy groups -OCH3 is 1. The van der Waals surface area contributed by atoms with E-state index in [-0.39, 0.29) is 5.60 Å². The Hall–Kier alpha value is -0.810. The Morgan fingerprint density at radius 1 is 1.04 bits per heavy atom. The summed E-state index contributed by atoms with van der Waals surface area (Å²) in [6, 6.07) is 2.08. The Bertz CT molecular complexity index is 420. The first-order valence-corrected chi connectivity index (χ1v) is 10.8. The average Bonchev–Trinajstić information content (AvgIpc) is 2.67. The molecule has 2 heteroatoms. The Balaban J connectivity index is 1.71. The van der Waals surface area contributed by atoms with Crippen LogP contribution in [0.1, 0.15) is 96.8 Å². The van der Waals surface area contributed by atoms with Gasteiger partial charge in [-0.15, -0.1) is 0 Å². The Labute approximate surface area is 156 Å². The SMILES string of the molecule is CCCCC[C@H]1CC[C@H]([C@H]2CC[C@@](CCC=CC#N)(OC)CC2)CC1. The predicted molar refractivity (Wildman–Crippen MR) is 105 cm³/mol. The van der Waals surface area contributed by atoms with Crippen molar-refractivity contribution in [1.29, 1.82) is 5.26 Å². The van der Waals surface area contributed by atoms with Crippen LogP contribution in [0.5, 0.6) is 0 Å². The number of allylic oxidation sites excluding steroid dienone is 2. The Morgan fingerprint density at radius 2 is 1.72 bits per heavy atom. The first-order valence-electron chi connectivity index (χ1n) is 10.8. The van der Waals surface area contributed by atoms with Gasteiger partial charge < -0.3 is 4.74 Å². The highest BCUT2D eigenvalue weighted by Gasteiger charge is 2.38. The number of unbranched alkanes of at least 4 members (excludes halogenated alkanes) is 2. The standard InChI is InChI=1S/C23H39NO/c1-3-4-6-9-20-10-12-21(13-11-20)22-14-17-23(25-2,18-15-22)16-7-5-8-19-24/h5,8,20-22H,3-4,6-7,9-18H2,1-2H3/t20-,21-,22-,23+. The molecule has 2 aliphatic rings. The molecule has 2 saturated carbocycles. The van der Waals surface area contributed by atoms with E-state index in [0.29, 0.717) is 0 Å². The molecule has 25 heavy (non-hydrogen) atoms. The molecule has 2 rings (SSSR count). The molecule has 2 fully saturated rings. The first kappa shape index (κ1) is 20.5. The molecule has 0 radical (unpaired) electrons. The van der Waals surface area contributed by atoms with Crippen molar-refractivity contribution in [1.82, 2.24) is 0 Å². The van der Waals surface area contributed by atoms with Crippen molar-refractivity contribution in [3.8, 4) is 6.07 Å². The molecule has 0 amide bonds. The zero-order valence-electron chi connectivity index (χ0n) is 16.6. The van der Waals surface area contributed by atoms with E-state index in [1.807, 2.05) is 13.2 Å². The van der Waals surface area contributed by atoms with Crippen LogP contribution in [0.4, 0.5) is 0 Å². The molecule has 0 aromatic carbocycles. The van der Waals surface area contributed by atoms with E-state index < -0.39 is 0 Å². The van der Waals surface area contributed by atoms with Crippen LogP contribution in [-0.2, 0) is 4.74 Å². The molecule has 2 aliphatic carbocycles. The summed E-state index contributed by atoms with van der Waals surface area (Å²) in [6.45, 7) is 2.31. The van der Waals surface area contributed by atoms with Crippen molar-refractivity contribution in [3.05, 3.63) is 12.2 Å². The second-order valence-corrected chi connectivity index (χ2v) is 8.57. The van der Waals surface area contributed by atoms with Gasteiger partial charge in [0, 0.05) is 13.2 Å². The van der Waals surface area contributed by atoms with E-state index in [9.17, 15) is 0 Å². The van der Waals surface area contributed by atoms with Crippen molar-refractivity contribution in [2.45, 2.75) is 102 Å². The highest BCUT2D eigenvalue weighted by atomic mass is 16.5. The summed E-state index contributed by atoms with van der Waals surface area (Å²) in [5.74, 6) is 2.95. The molecule has 0 atom stereocenters. The lowest BCUT2D eigenvalue weighted by Gasteiger charge is -2.43. The maximum absolute atomic E-state index is 8.61. The van der Waals surface area contributed by atoms with E-state index in [0.717, 1.165) is 30.6 Å². The number of rotatable bonds is 9. The summed E-state index contributed by atoms with van der Waals surface area (Å²) in [7, 11) is 1.88. The van der Waals surface area contributed by atoms with E-state index >= 15 is 0 Å². The fourth-order valence-corrected chi connectivity index (χ4v) is 5.31. The molecule has 0 spiro atoms. The number of hydrogen-bond acceptors (Lipinski definition) is 2. The highest BCUT2D eigenvalue weighted by Crippen LogP contribution is 2.45. The van der Waals surface area contributed by atoms with Gasteiger partial charge in [-0.2, -0.15) is 5.26 Å². The summed E-state index contributed by atoms with van der Waals surface area (Å²) < 4.78 is 5.95. The molecule has 2 nitrogen and oxygen atoms in total. The zero-order chi connectivity index (χ0) is 18.0. The van der Waals surface area contributed by atoms with Gasteiger partial charge in [-0.25, -0.2) is 0 Å². The fraction of sp³-hybridized carbons (Fsp3) is 0.870. The van der Waals surface area contributed by atoms with Crippen molar-refractivity contribution >= 4 is 0 Å². The number of nitriles is 1. The number of hydrogen-bond donors (Lipinski definition) is 0. The fourth-order valence-electron chi connectivity index (χ4n) is 5.31. The minimum atomic E-state index is 0.0770. The van der Waals surface area contributed by atoms with E-state index in [2.05, 4.69) is 13.0 Å². The Morgan fingerprint density at radius 3 is 2.32 bits per heavy atom. The lowest BCUT2D eigenvalue weighted by atomic mass is 9.67. The normalized spacial score (nSPS) is 33.4. The van der Waals surface area contributed by atoms with Gasteiger partial charge in [-0.3, -0.25) is 0 Å². The lowest BCUT2D eigenvalue weighted by Crippen LogP contribution is -2.38. The summed E-state index contributed by atoms with van der Waals surface area (Å²) >= 11 is 0. The smallest absolute Gasteiger partial charge is 0.0908 e. The van der Waals surface area contributed by atoms with Crippen molar-refractivity contribution in [2.75, 3.05) is 7.11 Å². The van der Waals surface area contributed by atoms with Gasteiger partial charge >= 0.3 is 0 Å². The third-order valence-electron chi connectivity index (χ3n) is 7.11. The summed E-state index contributed by atoms with van der Waals surface area (Å²) in [5, 5.41) is 8.61.